The molecule has 3 aromatic rings. The fourth-order valence-electron chi connectivity index (χ4n) is 4.37. The summed E-state index contributed by atoms with van der Waals surface area (Å²) in [5.74, 6) is 0.656. The van der Waals surface area contributed by atoms with E-state index in [1.807, 2.05) is 31.2 Å². The Kier molecular flexibility index (Phi) is 4.72. The summed E-state index contributed by atoms with van der Waals surface area (Å²) in [6.45, 7) is 3.57. The van der Waals surface area contributed by atoms with Crippen LogP contribution in [0, 0.1) is 6.92 Å². The second-order valence-electron chi connectivity index (χ2n) is 8.10. The molecule has 5 rings (SSSR count). The number of carbonyl (C=O) groups is 2. The Balaban J connectivity index is 1.48. The van der Waals surface area contributed by atoms with E-state index in [1.165, 1.54) is 4.90 Å². The second-order valence-corrected chi connectivity index (χ2v) is 8.10. The molecule has 0 spiro atoms. The smallest absolute Gasteiger partial charge is 0.407 e. The van der Waals surface area contributed by atoms with Gasteiger partial charge in [0.15, 0.2) is 0 Å². The average Bonchev–Trinajstić information content (AvgIpc) is 3.20. The first-order valence-electron chi connectivity index (χ1n) is 10.5. The van der Waals surface area contributed by atoms with Crippen molar-refractivity contribution < 1.29 is 14.7 Å². The Morgan fingerprint density at radius 2 is 2.03 bits per heavy atom. The lowest BCUT2D eigenvalue weighted by Crippen LogP contribution is -2.41. The summed E-state index contributed by atoms with van der Waals surface area (Å²) < 4.78 is 0. The normalized spacial score (nSPS) is 16.8. The molecule has 4 N–H and O–H groups in total. The van der Waals surface area contributed by atoms with Crippen LogP contribution in [0.2, 0.25) is 0 Å². The van der Waals surface area contributed by atoms with Gasteiger partial charge in [0.25, 0.3) is 5.91 Å². The highest BCUT2D eigenvalue weighted by Gasteiger charge is 2.24. The number of nitrogens with one attached hydrogen (secondary N) is 3. The first-order chi connectivity index (χ1) is 15.0. The number of rotatable bonds is 3. The van der Waals surface area contributed by atoms with Crippen LogP contribution in [0.25, 0.3) is 22.3 Å². The molecule has 4 heterocycles. The molecule has 1 aromatic carbocycles. The molecule has 9 nitrogen and oxygen atoms in total. The molecule has 2 aliphatic rings. The van der Waals surface area contributed by atoms with Crippen LogP contribution in [0.15, 0.2) is 24.3 Å². The van der Waals surface area contributed by atoms with Gasteiger partial charge in [-0.05, 0) is 31.9 Å². The minimum absolute atomic E-state index is 0.0547. The zero-order valence-electron chi connectivity index (χ0n) is 17.2. The monoisotopic (exact) mass is 420 g/mol. The number of piperidine rings is 1. The fourth-order valence-corrected chi connectivity index (χ4v) is 4.37. The van der Waals surface area contributed by atoms with Crippen molar-refractivity contribution in [2.45, 2.75) is 32.2 Å². The molecule has 31 heavy (non-hydrogen) atoms. The summed E-state index contributed by atoms with van der Waals surface area (Å²) in [5, 5.41) is 15.5. The van der Waals surface area contributed by atoms with Gasteiger partial charge in [-0.25, -0.2) is 14.8 Å². The molecule has 1 saturated heterocycles. The molecule has 0 atom stereocenters. The van der Waals surface area contributed by atoms with Crippen LogP contribution in [0.5, 0.6) is 0 Å². The van der Waals surface area contributed by atoms with Crippen LogP contribution in [0.4, 0.5) is 10.6 Å². The Bertz CT molecular complexity index is 1180. The summed E-state index contributed by atoms with van der Waals surface area (Å²) in [4.78, 5) is 37.8. The number of hydrogen-bond acceptors (Lipinski definition) is 5. The van der Waals surface area contributed by atoms with E-state index in [0.717, 1.165) is 52.9 Å². The molecule has 0 saturated carbocycles. The average molecular weight is 420 g/mol. The van der Waals surface area contributed by atoms with Crippen molar-refractivity contribution in [2.75, 3.05) is 25.0 Å². The number of benzene rings is 1. The molecule has 0 unspecified atom stereocenters. The number of para-hydroxylation sites is 1. The number of aromatic amines is 1. The van der Waals surface area contributed by atoms with Crippen molar-refractivity contribution in [3.8, 4) is 11.3 Å². The van der Waals surface area contributed by atoms with E-state index in [9.17, 15) is 9.59 Å². The number of hydrogen-bond donors (Lipinski definition) is 4. The van der Waals surface area contributed by atoms with Crippen molar-refractivity contribution in [1.82, 2.24) is 25.2 Å². The number of anilines is 1. The van der Waals surface area contributed by atoms with Crippen molar-refractivity contribution in [3.63, 3.8) is 0 Å². The Morgan fingerprint density at radius 1 is 1.23 bits per heavy atom. The molecule has 160 valence electrons. The third-order valence-corrected chi connectivity index (χ3v) is 6.07. The predicted octanol–water partition coefficient (Wildman–Crippen LogP) is 2.77. The van der Waals surface area contributed by atoms with Crippen LogP contribution >= 0.6 is 0 Å². The zero-order chi connectivity index (χ0) is 21.5. The van der Waals surface area contributed by atoms with Crippen LogP contribution in [0.3, 0.4) is 0 Å². The van der Waals surface area contributed by atoms with Gasteiger partial charge in [0.2, 0.25) is 0 Å². The first-order valence-corrected chi connectivity index (χ1v) is 10.5. The molecule has 2 amide bonds. The SMILES string of the molecule is Cc1nc2cccc(-c3cc4c([nH]3)CCNC4=O)c2nc1NC1CCN(C(=O)O)CC1. The number of aryl methyl sites for hydroxylation is 1. The highest BCUT2D eigenvalue weighted by molar-refractivity contribution is 5.99. The lowest BCUT2D eigenvalue weighted by molar-refractivity contribution is 0.0946. The van der Waals surface area contributed by atoms with E-state index < -0.39 is 6.09 Å². The van der Waals surface area contributed by atoms with Gasteiger partial charge < -0.3 is 25.6 Å². The highest BCUT2D eigenvalue weighted by Crippen LogP contribution is 2.30. The molecule has 0 bridgehead atoms. The van der Waals surface area contributed by atoms with E-state index in [1.54, 1.807) is 0 Å². The number of amides is 2. The molecule has 2 aliphatic heterocycles. The summed E-state index contributed by atoms with van der Waals surface area (Å²) in [5.41, 5.74) is 5.73. The highest BCUT2D eigenvalue weighted by atomic mass is 16.4. The van der Waals surface area contributed by atoms with E-state index in [-0.39, 0.29) is 11.9 Å². The largest absolute Gasteiger partial charge is 0.465 e. The van der Waals surface area contributed by atoms with Gasteiger partial charge in [-0.3, -0.25) is 4.79 Å². The number of carboxylic acid groups (broad SMARTS) is 1. The van der Waals surface area contributed by atoms with E-state index in [2.05, 4.69) is 15.6 Å². The van der Waals surface area contributed by atoms with Crippen molar-refractivity contribution in [1.29, 1.82) is 0 Å². The molecular weight excluding hydrogens is 396 g/mol. The topological polar surface area (TPSA) is 123 Å². The minimum Gasteiger partial charge on any atom is -0.465 e. The third kappa shape index (κ3) is 3.56. The number of carbonyl (C=O) groups excluding carboxylic acids is 1. The Labute approximate surface area is 178 Å². The number of likely N-dealkylation sites (tertiary alicyclic amines) is 1. The Hall–Kier alpha value is -3.62. The molecule has 0 aliphatic carbocycles. The first kappa shape index (κ1) is 19.3. The number of nitrogens with zero attached hydrogens (tertiary/aromatic N) is 3. The van der Waals surface area contributed by atoms with Crippen LogP contribution in [-0.4, -0.2) is 62.6 Å². The maximum atomic E-state index is 12.2. The molecule has 9 heteroatoms. The van der Waals surface area contributed by atoms with Gasteiger partial charge in [0, 0.05) is 49.0 Å². The van der Waals surface area contributed by atoms with Gasteiger partial charge in [0.05, 0.1) is 16.8 Å². The second kappa shape index (κ2) is 7.57. The predicted molar refractivity (Wildman–Crippen MR) is 116 cm³/mol. The standard InChI is InChI=1S/C22H24N6O3/c1-12-20(25-13-6-9-28(10-7-13)22(30)31)27-19-14(3-2-4-17(19)24-12)18-11-15-16(26-18)5-8-23-21(15)29/h2-4,11,13,26H,5-10H2,1H3,(H,23,29)(H,25,27)(H,30,31). The zero-order valence-corrected chi connectivity index (χ0v) is 17.2. The molecule has 1 fully saturated rings. The molecule has 2 aromatic heterocycles. The van der Waals surface area contributed by atoms with Gasteiger partial charge in [0.1, 0.15) is 11.3 Å². The molecular formula is C22H24N6O3. The van der Waals surface area contributed by atoms with Gasteiger partial charge in [-0.15, -0.1) is 0 Å². The van der Waals surface area contributed by atoms with Gasteiger partial charge >= 0.3 is 6.09 Å². The lowest BCUT2D eigenvalue weighted by Gasteiger charge is -2.31. The minimum atomic E-state index is -0.868. The summed E-state index contributed by atoms with van der Waals surface area (Å²) in [7, 11) is 0. The van der Waals surface area contributed by atoms with E-state index >= 15 is 0 Å². The van der Waals surface area contributed by atoms with E-state index in [0.29, 0.717) is 31.0 Å². The third-order valence-electron chi connectivity index (χ3n) is 6.07. The summed E-state index contributed by atoms with van der Waals surface area (Å²) >= 11 is 0. The maximum Gasteiger partial charge on any atom is 0.407 e. The van der Waals surface area contributed by atoms with Crippen molar-refractivity contribution in [2.24, 2.45) is 0 Å². The summed E-state index contributed by atoms with van der Waals surface area (Å²) in [6.07, 6.45) is 1.36. The lowest BCUT2D eigenvalue weighted by atomic mass is 10.1. The molecule has 0 radical (unpaired) electrons. The number of aromatic nitrogens is 3. The quantitative estimate of drug-likeness (QED) is 0.517. The van der Waals surface area contributed by atoms with Crippen molar-refractivity contribution in [3.05, 3.63) is 41.2 Å². The van der Waals surface area contributed by atoms with Crippen LogP contribution in [0.1, 0.15) is 34.6 Å². The van der Waals surface area contributed by atoms with Gasteiger partial charge in [-0.1, -0.05) is 12.1 Å². The Morgan fingerprint density at radius 3 is 2.77 bits per heavy atom. The number of H-pyrrole nitrogens is 1. The van der Waals surface area contributed by atoms with E-state index in [4.69, 9.17) is 15.1 Å². The van der Waals surface area contributed by atoms with Crippen LogP contribution < -0.4 is 10.6 Å². The number of fused-ring (bicyclic) bond motifs is 2. The summed E-state index contributed by atoms with van der Waals surface area (Å²) in [6, 6.07) is 7.89. The maximum absolute atomic E-state index is 12.2. The fraction of sp³-hybridized carbons (Fsp3) is 0.364. The van der Waals surface area contributed by atoms with Crippen molar-refractivity contribution >= 4 is 28.9 Å². The van der Waals surface area contributed by atoms with Gasteiger partial charge in [-0.2, -0.15) is 0 Å². The van der Waals surface area contributed by atoms with Crippen LogP contribution in [-0.2, 0) is 6.42 Å².